The number of nitrogens with zero attached hydrogens (tertiary/aromatic N) is 2. The van der Waals surface area contributed by atoms with E-state index in [1.807, 2.05) is 17.9 Å². The van der Waals surface area contributed by atoms with Gasteiger partial charge in [-0.1, -0.05) is 30.3 Å². The third kappa shape index (κ3) is 4.95. The van der Waals surface area contributed by atoms with E-state index in [0.29, 0.717) is 19.7 Å². The van der Waals surface area contributed by atoms with Crippen LogP contribution in [0.25, 0.3) is 0 Å². The van der Waals surface area contributed by atoms with Crippen LogP contribution in [-0.4, -0.2) is 61.3 Å². The summed E-state index contributed by atoms with van der Waals surface area (Å²) in [6.45, 7) is 7.16. The summed E-state index contributed by atoms with van der Waals surface area (Å²) in [5.74, 6) is 0. The molecule has 2 aliphatic heterocycles. The normalized spacial score (nSPS) is 22.8. The van der Waals surface area contributed by atoms with Crippen LogP contribution in [0.2, 0.25) is 0 Å². The molecule has 2 fully saturated rings. The van der Waals surface area contributed by atoms with Crippen molar-refractivity contribution in [3.05, 3.63) is 35.9 Å². The van der Waals surface area contributed by atoms with Crippen LogP contribution in [0, 0.1) is 0 Å². The maximum absolute atomic E-state index is 12.6. The molecular formula is C20H31N3O2. The second kappa shape index (κ2) is 9.20. The number of benzene rings is 1. The molecule has 2 saturated heterocycles. The summed E-state index contributed by atoms with van der Waals surface area (Å²) in [6, 6.07) is 10.9. The predicted octanol–water partition coefficient (Wildman–Crippen LogP) is 3.03. The van der Waals surface area contributed by atoms with Crippen LogP contribution >= 0.6 is 0 Å². The van der Waals surface area contributed by atoms with Crippen LogP contribution in [0.3, 0.4) is 0 Å². The number of amides is 2. The van der Waals surface area contributed by atoms with Gasteiger partial charge in [0.1, 0.15) is 0 Å². The predicted molar refractivity (Wildman–Crippen MR) is 99.6 cm³/mol. The van der Waals surface area contributed by atoms with Crippen molar-refractivity contribution >= 4 is 6.03 Å². The second-order valence-corrected chi connectivity index (χ2v) is 7.02. The standard InChI is InChI=1S/C20H31N3O2/c1-2-25-18-11-8-14-23(16-18)20(24)21-15-19(22-12-6-7-13-22)17-9-4-3-5-10-17/h3-5,9-10,18-19H,2,6-8,11-16H2,1H3,(H,21,24). The number of piperidine rings is 1. The van der Waals surface area contributed by atoms with E-state index < -0.39 is 0 Å². The largest absolute Gasteiger partial charge is 0.377 e. The molecule has 1 aromatic carbocycles. The molecule has 25 heavy (non-hydrogen) atoms. The van der Waals surface area contributed by atoms with Crippen molar-refractivity contribution in [2.24, 2.45) is 0 Å². The summed E-state index contributed by atoms with van der Waals surface area (Å²) in [4.78, 5) is 17.0. The lowest BCUT2D eigenvalue weighted by Crippen LogP contribution is -2.49. The van der Waals surface area contributed by atoms with Gasteiger partial charge >= 0.3 is 6.03 Å². The van der Waals surface area contributed by atoms with E-state index in [4.69, 9.17) is 4.74 Å². The van der Waals surface area contributed by atoms with Crippen molar-refractivity contribution in [1.82, 2.24) is 15.1 Å². The molecule has 2 amide bonds. The van der Waals surface area contributed by atoms with E-state index in [9.17, 15) is 4.79 Å². The SMILES string of the molecule is CCOC1CCCN(C(=O)NCC(c2ccccc2)N2CCCC2)C1. The van der Waals surface area contributed by atoms with Crippen molar-refractivity contribution < 1.29 is 9.53 Å². The molecule has 0 aromatic heterocycles. The Labute approximate surface area is 151 Å². The highest BCUT2D eigenvalue weighted by atomic mass is 16.5. The lowest BCUT2D eigenvalue weighted by molar-refractivity contribution is 0.0163. The second-order valence-electron chi connectivity index (χ2n) is 7.02. The Morgan fingerprint density at radius 3 is 2.68 bits per heavy atom. The van der Waals surface area contributed by atoms with Gasteiger partial charge in [-0.2, -0.15) is 0 Å². The van der Waals surface area contributed by atoms with Gasteiger partial charge < -0.3 is 15.0 Å². The van der Waals surface area contributed by atoms with Crippen LogP contribution in [0.5, 0.6) is 0 Å². The highest BCUT2D eigenvalue weighted by Gasteiger charge is 2.27. The van der Waals surface area contributed by atoms with Gasteiger partial charge in [0.05, 0.1) is 12.1 Å². The van der Waals surface area contributed by atoms with Crippen LogP contribution < -0.4 is 5.32 Å². The molecule has 0 spiro atoms. The average Bonchev–Trinajstić information content (AvgIpc) is 3.18. The molecule has 2 unspecified atom stereocenters. The first-order chi connectivity index (χ1) is 12.3. The van der Waals surface area contributed by atoms with Crippen LogP contribution in [0.4, 0.5) is 4.79 Å². The lowest BCUT2D eigenvalue weighted by atomic mass is 10.1. The number of carbonyl (C=O) groups excluding carboxylic acids is 1. The van der Waals surface area contributed by atoms with Gasteiger partial charge in [0.2, 0.25) is 0 Å². The van der Waals surface area contributed by atoms with Gasteiger partial charge in [0, 0.05) is 26.2 Å². The Hall–Kier alpha value is -1.59. The van der Waals surface area contributed by atoms with Gasteiger partial charge in [0.25, 0.3) is 0 Å². The molecule has 5 nitrogen and oxygen atoms in total. The first-order valence-corrected chi connectivity index (χ1v) is 9.71. The molecule has 1 aromatic rings. The fraction of sp³-hybridized carbons (Fsp3) is 0.650. The highest BCUT2D eigenvalue weighted by Crippen LogP contribution is 2.24. The molecule has 0 saturated carbocycles. The Morgan fingerprint density at radius 2 is 1.96 bits per heavy atom. The number of rotatable bonds is 6. The monoisotopic (exact) mass is 345 g/mol. The molecule has 0 radical (unpaired) electrons. The van der Waals surface area contributed by atoms with Crippen molar-refractivity contribution in [2.75, 3.05) is 39.3 Å². The first kappa shape index (κ1) is 18.2. The van der Waals surface area contributed by atoms with Gasteiger partial charge in [0.15, 0.2) is 0 Å². The molecule has 2 heterocycles. The maximum atomic E-state index is 12.6. The Bertz CT molecular complexity index is 529. The Kier molecular flexibility index (Phi) is 6.70. The third-order valence-electron chi connectivity index (χ3n) is 5.28. The maximum Gasteiger partial charge on any atom is 0.317 e. The van der Waals surface area contributed by atoms with Crippen molar-refractivity contribution in [3.8, 4) is 0 Å². The van der Waals surface area contributed by atoms with Gasteiger partial charge in [-0.05, 0) is 51.3 Å². The van der Waals surface area contributed by atoms with E-state index in [2.05, 4.69) is 34.5 Å². The van der Waals surface area contributed by atoms with E-state index in [1.54, 1.807) is 0 Å². The topological polar surface area (TPSA) is 44.8 Å². The molecule has 0 bridgehead atoms. The molecule has 0 aliphatic carbocycles. The molecule has 3 rings (SSSR count). The molecule has 5 heteroatoms. The van der Waals surface area contributed by atoms with E-state index in [-0.39, 0.29) is 18.2 Å². The van der Waals surface area contributed by atoms with Crippen LogP contribution in [0.1, 0.15) is 44.2 Å². The summed E-state index contributed by atoms with van der Waals surface area (Å²) in [5.41, 5.74) is 1.29. The number of hydrogen-bond donors (Lipinski definition) is 1. The molecule has 2 atom stereocenters. The van der Waals surface area contributed by atoms with Crippen LogP contribution in [-0.2, 0) is 4.74 Å². The minimum absolute atomic E-state index is 0.0459. The molecule has 2 aliphatic rings. The van der Waals surface area contributed by atoms with Crippen molar-refractivity contribution in [1.29, 1.82) is 0 Å². The highest BCUT2D eigenvalue weighted by molar-refractivity contribution is 5.74. The summed E-state index contributed by atoms with van der Waals surface area (Å²) in [5, 5.41) is 3.18. The molecule has 138 valence electrons. The quantitative estimate of drug-likeness (QED) is 0.862. The van der Waals surface area contributed by atoms with Gasteiger partial charge in [-0.25, -0.2) is 4.79 Å². The molecular weight excluding hydrogens is 314 g/mol. The smallest absolute Gasteiger partial charge is 0.317 e. The van der Waals surface area contributed by atoms with Gasteiger partial charge in [-0.3, -0.25) is 4.90 Å². The minimum atomic E-state index is 0.0459. The van der Waals surface area contributed by atoms with Gasteiger partial charge in [-0.15, -0.1) is 0 Å². The van der Waals surface area contributed by atoms with E-state index in [0.717, 1.165) is 32.5 Å². The average molecular weight is 345 g/mol. The summed E-state index contributed by atoms with van der Waals surface area (Å²) >= 11 is 0. The number of urea groups is 1. The first-order valence-electron chi connectivity index (χ1n) is 9.71. The fourth-order valence-electron chi connectivity index (χ4n) is 3.98. The van der Waals surface area contributed by atoms with E-state index >= 15 is 0 Å². The number of carbonyl (C=O) groups is 1. The fourth-order valence-corrected chi connectivity index (χ4v) is 3.98. The summed E-state index contributed by atoms with van der Waals surface area (Å²) in [6.07, 6.45) is 4.76. The molecule has 1 N–H and O–H groups in total. The summed E-state index contributed by atoms with van der Waals surface area (Å²) < 4.78 is 5.71. The zero-order chi connectivity index (χ0) is 17.5. The Morgan fingerprint density at radius 1 is 1.20 bits per heavy atom. The van der Waals surface area contributed by atoms with Crippen molar-refractivity contribution in [2.45, 2.75) is 44.8 Å². The minimum Gasteiger partial charge on any atom is -0.377 e. The Balaban J connectivity index is 1.58. The number of likely N-dealkylation sites (tertiary alicyclic amines) is 2. The van der Waals surface area contributed by atoms with Crippen LogP contribution in [0.15, 0.2) is 30.3 Å². The van der Waals surface area contributed by atoms with E-state index in [1.165, 1.54) is 18.4 Å². The number of hydrogen-bond acceptors (Lipinski definition) is 3. The zero-order valence-electron chi connectivity index (χ0n) is 15.3. The summed E-state index contributed by atoms with van der Waals surface area (Å²) in [7, 11) is 0. The number of nitrogens with one attached hydrogen (secondary N) is 1. The number of ether oxygens (including phenoxy) is 1. The van der Waals surface area contributed by atoms with Crippen molar-refractivity contribution in [3.63, 3.8) is 0 Å². The lowest BCUT2D eigenvalue weighted by Gasteiger charge is -2.34. The third-order valence-corrected chi connectivity index (χ3v) is 5.28. The zero-order valence-corrected chi connectivity index (χ0v) is 15.3.